The van der Waals surface area contributed by atoms with Crippen LogP contribution in [-0.4, -0.2) is 16.8 Å². The number of aromatic nitrogens is 2. The van der Waals surface area contributed by atoms with Gasteiger partial charge >= 0.3 is 0 Å². The zero-order valence-electron chi connectivity index (χ0n) is 10.8. The SMILES string of the molecule is Cc1nn(C)c(N(C)c2cccc(F)c2)c1CN. The van der Waals surface area contributed by atoms with Crippen molar-refractivity contribution in [3.8, 4) is 0 Å². The molecule has 1 heterocycles. The summed E-state index contributed by atoms with van der Waals surface area (Å²) < 4.78 is 15.0. The van der Waals surface area contributed by atoms with Crippen molar-refractivity contribution in [3.63, 3.8) is 0 Å². The van der Waals surface area contributed by atoms with Gasteiger partial charge in [-0.2, -0.15) is 5.10 Å². The van der Waals surface area contributed by atoms with E-state index in [1.165, 1.54) is 12.1 Å². The van der Waals surface area contributed by atoms with Crippen LogP contribution in [0.3, 0.4) is 0 Å². The van der Waals surface area contributed by atoms with E-state index in [-0.39, 0.29) is 5.82 Å². The molecule has 0 fully saturated rings. The van der Waals surface area contributed by atoms with Crippen molar-refractivity contribution in [1.29, 1.82) is 0 Å². The molecule has 0 saturated carbocycles. The van der Waals surface area contributed by atoms with Crippen molar-refractivity contribution >= 4 is 11.5 Å². The molecule has 0 amide bonds. The lowest BCUT2D eigenvalue weighted by Gasteiger charge is -2.21. The van der Waals surface area contributed by atoms with Gasteiger partial charge in [0.15, 0.2) is 0 Å². The lowest BCUT2D eigenvalue weighted by atomic mass is 10.2. The Kier molecular flexibility index (Phi) is 3.34. The van der Waals surface area contributed by atoms with E-state index in [2.05, 4.69) is 5.10 Å². The van der Waals surface area contributed by atoms with Crippen molar-refractivity contribution in [2.45, 2.75) is 13.5 Å². The first kappa shape index (κ1) is 12.6. The fraction of sp³-hybridized carbons (Fsp3) is 0.308. The van der Waals surface area contributed by atoms with Crippen LogP contribution in [0.1, 0.15) is 11.3 Å². The summed E-state index contributed by atoms with van der Waals surface area (Å²) >= 11 is 0. The van der Waals surface area contributed by atoms with Crippen LogP contribution >= 0.6 is 0 Å². The summed E-state index contributed by atoms with van der Waals surface area (Å²) in [5, 5.41) is 4.35. The predicted octanol–water partition coefficient (Wildman–Crippen LogP) is 2.09. The van der Waals surface area contributed by atoms with Gasteiger partial charge in [-0.3, -0.25) is 4.68 Å². The Hall–Kier alpha value is -1.88. The van der Waals surface area contributed by atoms with Crippen LogP contribution in [0, 0.1) is 12.7 Å². The van der Waals surface area contributed by atoms with Crippen molar-refractivity contribution in [3.05, 3.63) is 41.3 Å². The fourth-order valence-electron chi connectivity index (χ4n) is 2.16. The Morgan fingerprint density at radius 1 is 1.44 bits per heavy atom. The zero-order chi connectivity index (χ0) is 13.3. The number of nitrogens with zero attached hydrogens (tertiary/aromatic N) is 3. The van der Waals surface area contributed by atoms with Crippen LogP contribution < -0.4 is 10.6 Å². The molecule has 2 aromatic rings. The highest BCUT2D eigenvalue weighted by Crippen LogP contribution is 2.28. The summed E-state index contributed by atoms with van der Waals surface area (Å²) in [7, 11) is 3.74. The van der Waals surface area contributed by atoms with E-state index in [9.17, 15) is 4.39 Å². The first-order valence-corrected chi connectivity index (χ1v) is 5.76. The highest BCUT2D eigenvalue weighted by atomic mass is 19.1. The third kappa shape index (κ3) is 2.09. The molecule has 0 aliphatic rings. The smallest absolute Gasteiger partial charge is 0.135 e. The molecule has 0 aliphatic heterocycles. The first-order chi connectivity index (χ1) is 8.54. The topological polar surface area (TPSA) is 47.1 Å². The average Bonchev–Trinajstić information content (AvgIpc) is 2.62. The largest absolute Gasteiger partial charge is 0.329 e. The highest BCUT2D eigenvalue weighted by Gasteiger charge is 2.16. The lowest BCUT2D eigenvalue weighted by Crippen LogP contribution is -2.16. The van der Waals surface area contributed by atoms with Gasteiger partial charge in [-0.15, -0.1) is 0 Å². The van der Waals surface area contributed by atoms with Gasteiger partial charge in [-0.05, 0) is 25.1 Å². The minimum atomic E-state index is -0.257. The maximum absolute atomic E-state index is 13.3. The molecule has 4 nitrogen and oxygen atoms in total. The van der Waals surface area contributed by atoms with Gasteiger partial charge < -0.3 is 10.6 Å². The molecular formula is C13H17FN4. The van der Waals surface area contributed by atoms with Crippen LogP contribution in [0.4, 0.5) is 15.9 Å². The second-order valence-electron chi connectivity index (χ2n) is 4.25. The van der Waals surface area contributed by atoms with Crippen LogP contribution in [0.2, 0.25) is 0 Å². The minimum Gasteiger partial charge on any atom is -0.329 e. The monoisotopic (exact) mass is 248 g/mol. The molecule has 0 aliphatic carbocycles. The maximum atomic E-state index is 13.3. The molecule has 0 unspecified atom stereocenters. The van der Waals surface area contributed by atoms with E-state index in [4.69, 9.17) is 5.73 Å². The molecule has 0 saturated heterocycles. The summed E-state index contributed by atoms with van der Waals surface area (Å²) in [6.07, 6.45) is 0. The molecule has 18 heavy (non-hydrogen) atoms. The van der Waals surface area contributed by atoms with Gasteiger partial charge in [-0.25, -0.2) is 4.39 Å². The van der Waals surface area contributed by atoms with E-state index >= 15 is 0 Å². The number of hydrogen-bond donors (Lipinski definition) is 1. The Morgan fingerprint density at radius 2 is 2.17 bits per heavy atom. The maximum Gasteiger partial charge on any atom is 0.135 e. The van der Waals surface area contributed by atoms with Gasteiger partial charge in [0.05, 0.1) is 5.69 Å². The molecule has 0 atom stereocenters. The molecule has 2 rings (SSSR count). The second-order valence-corrected chi connectivity index (χ2v) is 4.25. The molecule has 1 aromatic heterocycles. The van der Waals surface area contributed by atoms with Crippen LogP contribution in [-0.2, 0) is 13.6 Å². The van der Waals surface area contributed by atoms with Gasteiger partial charge in [0, 0.05) is 31.9 Å². The van der Waals surface area contributed by atoms with Gasteiger partial charge in [0.2, 0.25) is 0 Å². The summed E-state index contributed by atoms with van der Waals surface area (Å²) in [6, 6.07) is 6.45. The van der Waals surface area contributed by atoms with E-state index in [0.29, 0.717) is 6.54 Å². The average molecular weight is 248 g/mol. The third-order valence-corrected chi connectivity index (χ3v) is 3.03. The number of anilines is 2. The van der Waals surface area contributed by atoms with Gasteiger partial charge in [0.1, 0.15) is 11.6 Å². The minimum absolute atomic E-state index is 0.257. The summed E-state index contributed by atoms with van der Waals surface area (Å²) in [6.45, 7) is 2.33. The van der Waals surface area contributed by atoms with Crippen molar-refractivity contribution in [2.24, 2.45) is 12.8 Å². The van der Waals surface area contributed by atoms with Gasteiger partial charge in [-0.1, -0.05) is 6.07 Å². The Labute approximate surface area is 106 Å². The Bertz CT molecular complexity index is 562. The van der Waals surface area contributed by atoms with Crippen molar-refractivity contribution < 1.29 is 4.39 Å². The number of aryl methyl sites for hydroxylation is 2. The summed E-state index contributed by atoms with van der Waals surface area (Å²) in [4.78, 5) is 1.89. The predicted molar refractivity (Wildman–Crippen MR) is 70.3 cm³/mol. The van der Waals surface area contributed by atoms with Crippen LogP contribution in [0.25, 0.3) is 0 Å². The van der Waals surface area contributed by atoms with E-state index in [0.717, 1.165) is 22.8 Å². The summed E-state index contributed by atoms with van der Waals surface area (Å²) in [5.74, 6) is 0.633. The molecule has 0 spiro atoms. The van der Waals surface area contributed by atoms with Crippen LogP contribution in [0.5, 0.6) is 0 Å². The van der Waals surface area contributed by atoms with E-state index in [1.54, 1.807) is 10.7 Å². The normalized spacial score (nSPS) is 10.7. The quantitative estimate of drug-likeness (QED) is 0.904. The molecule has 96 valence electrons. The second kappa shape index (κ2) is 4.78. The molecule has 1 aromatic carbocycles. The highest BCUT2D eigenvalue weighted by molar-refractivity contribution is 5.63. The molecule has 2 N–H and O–H groups in total. The third-order valence-electron chi connectivity index (χ3n) is 3.03. The Morgan fingerprint density at radius 3 is 2.78 bits per heavy atom. The Balaban J connectivity index is 2.48. The number of benzene rings is 1. The van der Waals surface area contributed by atoms with Crippen molar-refractivity contribution in [1.82, 2.24) is 9.78 Å². The lowest BCUT2D eigenvalue weighted by molar-refractivity contribution is 0.627. The number of nitrogens with two attached hydrogens (primary N) is 1. The number of hydrogen-bond acceptors (Lipinski definition) is 3. The molecule has 0 bridgehead atoms. The molecule has 5 heteroatoms. The van der Waals surface area contributed by atoms with Crippen molar-refractivity contribution in [2.75, 3.05) is 11.9 Å². The first-order valence-electron chi connectivity index (χ1n) is 5.76. The number of halogens is 1. The number of rotatable bonds is 3. The molecule has 0 radical (unpaired) electrons. The van der Waals surface area contributed by atoms with E-state index < -0.39 is 0 Å². The molecular weight excluding hydrogens is 231 g/mol. The summed E-state index contributed by atoms with van der Waals surface area (Å²) in [5.41, 5.74) is 8.40. The van der Waals surface area contributed by atoms with E-state index in [1.807, 2.05) is 32.0 Å². The zero-order valence-corrected chi connectivity index (χ0v) is 10.8. The standard InChI is InChI=1S/C13H17FN4/c1-9-12(8-15)13(18(3)16-9)17(2)11-6-4-5-10(14)7-11/h4-7H,8,15H2,1-3H3. The van der Waals surface area contributed by atoms with Gasteiger partial charge in [0.25, 0.3) is 0 Å². The van der Waals surface area contributed by atoms with Crippen LogP contribution in [0.15, 0.2) is 24.3 Å². The fourth-order valence-corrected chi connectivity index (χ4v) is 2.16.